The van der Waals surface area contributed by atoms with Gasteiger partial charge in [0.25, 0.3) is 0 Å². The molecule has 0 radical (unpaired) electrons. The van der Waals surface area contributed by atoms with Crippen molar-refractivity contribution < 1.29 is 23.8 Å². The van der Waals surface area contributed by atoms with Gasteiger partial charge in [-0.25, -0.2) is 0 Å². The molecule has 0 spiro atoms. The number of hydrogen-bond acceptors (Lipinski definition) is 7. The smallest absolute Gasteiger partial charge is 0.220 e. The number of nitrogens with one attached hydrogen (secondary N) is 3. The molecule has 39 heavy (non-hydrogen) atoms. The SMILES string of the molecule is COc1cc2c(c(OC)c1OC)-c1ccc(NCCCC(=O)NC3CCCC3)c(=O)cc1C(NC(C)=O)CC2. The topological polar surface area (TPSA) is 115 Å². The second-order valence-electron chi connectivity index (χ2n) is 10.2. The third kappa shape index (κ3) is 6.46. The first-order valence-corrected chi connectivity index (χ1v) is 13.7. The molecule has 1 fully saturated rings. The van der Waals surface area contributed by atoms with E-state index in [4.69, 9.17) is 14.2 Å². The first-order chi connectivity index (χ1) is 18.9. The van der Waals surface area contributed by atoms with Gasteiger partial charge in [0.2, 0.25) is 23.0 Å². The van der Waals surface area contributed by atoms with Gasteiger partial charge in [0, 0.05) is 31.5 Å². The Labute approximate surface area is 229 Å². The summed E-state index contributed by atoms with van der Waals surface area (Å²) < 4.78 is 17.0. The van der Waals surface area contributed by atoms with Crippen LogP contribution in [0.25, 0.3) is 11.1 Å². The summed E-state index contributed by atoms with van der Waals surface area (Å²) in [5.41, 5.74) is 3.51. The number of carbonyl (C=O) groups is 2. The van der Waals surface area contributed by atoms with Gasteiger partial charge in [0.05, 0.1) is 33.1 Å². The van der Waals surface area contributed by atoms with Gasteiger partial charge in [-0.05, 0) is 67.0 Å². The highest BCUT2D eigenvalue weighted by molar-refractivity contribution is 5.83. The molecular formula is C30H39N3O6. The predicted molar refractivity (Wildman–Crippen MR) is 151 cm³/mol. The van der Waals surface area contributed by atoms with Crippen LogP contribution in [0.3, 0.4) is 0 Å². The molecule has 9 heteroatoms. The van der Waals surface area contributed by atoms with Gasteiger partial charge >= 0.3 is 0 Å². The van der Waals surface area contributed by atoms with E-state index in [1.807, 2.05) is 12.1 Å². The number of rotatable bonds is 10. The Morgan fingerprint density at radius 3 is 2.36 bits per heavy atom. The third-order valence-electron chi connectivity index (χ3n) is 7.53. The van der Waals surface area contributed by atoms with E-state index in [9.17, 15) is 14.4 Å². The minimum absolute atomic E-state index is 0.0580. The molecule has 210 valence electrons. The fraction of sp³-hybridized carbons (Fsp3) is 0.500. The molecule has 9 nitrogen and oxygen atoms in total. The Kier molecular flexibility index (Phi) is 9.32. The number of aryl methyl sites for hydroxylation is 1. The predicted octanol–water partition coefficient (Wildman–Crippen LogP) is 4.11. The standard InChI is InChI=1S/C30H39N3O6/c1-18(34)32-23-13-11-19-16-26(37-2)29(38-3)30(39-4)28(19)21-12-14-24(25(35)17-22(21)23)31-15-7-10-27(36)33-20-8-5-6-9-20/h12,14,16-17,20,23H,5-11,13,15H2,1-4H3,(H,31,35)(H,32,34)(H,33,36). The van der Waals surface area contributed by atoms with Crippen molar-refractivity contribution in [2.45, 2.75) is 70.4 Å². The molecule has 2 aliphatic rings. The Balaban J connectivity index is 1.65. The molecule has 1 unspecified atom stereocenters. The van der Waals surface area contributed by atoms with E-state index in [0.717, 1.165) is 29.5 Å². The van der Waals surface area contributed by atoms with Crippen molar-refractivity contribution in [3.05, 3.63) is 45.6 Å². The molecule has 0 aliphatic heterocycles. The largest absolute Gasteiger partial charge is 0.493 e. The minimum Gasteiger partial charge on any atom is -0.493 e. The van der Waals surface area contributed by atoms with Gasteiger partial charge in [-0.15, -0.1) is 0 Å². The van der Waals surface area contributed by atoms with Crippen LogP contribution in [0.4, 0.5) is 5.69 Å². The number of hydrogen-bond donors (Lipinski definition) is 3. The number of carbonyl (C=O) groups excluding carboxylic acids is 2. The van der Waals surface area contributed by atoms with Crippen molar-refractivity contribution in [1.82, 2.24) is 10.6 Å². The van der Waals surface area contributed by atoms with Crippen molar-refractivity contribution in [2.24, 2.45) is 0 Å². The van der Waals surface area contributed by atoms with Crippen LogP contribution in [-0.2, 0) is 16.0 Å². The van der Waals surface area contributed by atoms with Gasteiger partial charge < -0.3 is 30.2 Å². The lowest BCUT2D eigenvalue weighted by molar-refractivity contribution is -0.122. The zero-order valence-corrected chi connectivity index (χ0v) is 23.3. The molecule has 0 aromatic heterocycles. The van der Waals surface area contributed by atoms with E-state index in [0.29, 0.717) is 66.8 Å². The van der Waals surface area contributed by atoms with Crippen LogP contribution < -0.4 is 35.6 Å². The monoisotopic (exact) mass is 537 g/mol. The fourth-order valence-electron chi connectivity index (χ4n) is 5.70. The molecule has 2 aromatic carbocycles. The summed E-state index contributed by atoms with van der Waals surface area (Å²) in [6, 6.07) is 7.11. The van der Waals surface area contributed by atoms with Crippen LogP contribution in [-0.4, -0.2) is 45.7 Å². The van der Waals surface area contributed by atoms with Crippen LogP contribution in [0, 0.1) is 0 Å². The molecule has 0 heterocycles. The highest BCUT2D eigenvalue weighted by atomic mass is 16.5. The quantitative estimate of drug-likeness (QED) is 0.391. The van der Waals surface area contributed by atoms with Crippen LogP contribution >= 0.6 is 0 Å². The second kappa shape index (κ2) is 12.9. The fourth-order valence-corrected chi connectivity index (χ4v) is 5.70. The zero-order valence-electron chi connectivity index (χ0n) is 23.3. The lowest BCUT2D eigenvalue weighted by Crippen LogP contribution is -2.32. The van der Waals surface area contributed by atoms with E-state index in [1.54, 1.807) is 33.5 Å². The molecule has 0 bridgehead atoms. The number of benzene rings is 1. The highest BCUT2D eigenvalue weighted by Crippen LogP contribution is 2.50. The first-order valence-electron chi connectivity index (χ1n) is 13.7. The third-order valence-corrected chi connectivity index (χ3v) is 7.53. The maximum absolute atomic E-state index is 13.4. The van der Waals surface area contributed by atoms with Crippen molar-refractivity contribution in [2.75, 3.05) is 33.2 Å². The maximum Gasteiger partial charge on any atom is 0.220 e. The van der Waals surface area contributed by atoms with Crippen LogP contribution in [0.1, 0.15) is 69.0 Å². The summed E-state index contributed by atoms with van der Waals surface area (Å²) in [6.07, 6.45) is 6.71. The maximum atomic E-state index is 13.4. The lowest BCUT2D eigenvalue weighted by Gasteiger charge is -2.19. The minimum atomic E-state index is -0.362. The summed E-state index contributed by atoms with van der Waals surface area (Å²) in [4.78, 5) is 37.7. The highest BCUT2D eigenvalue weighted by Gasteiger charge is 2.29. The number of methoxy groups -OCH3 is 3. The Bertz CT molecular complexity index is 1270. The second-order valence-corrected chi connectivity index (χ2v) is 10.2. The molecule has 2 aliphatic carbocycles. The molecule has 2 amide bonds. The van der Waals surface area contributed by atoms with Gasteiger partial charge in [-0.2, -0.15) is 0 Å². The average Bonchev–Trinajstić information content (AvgIpc) is 3.32. The summed E-state index contributed by atoms with van der Waals surface area (Å²) in [7, 11) is 4.71. The van der Waals surface area contributed by atoms with E-state index >= 15 is 0 Å². The van der Waals surface area contributed by atoms with Crippen LogP contribution in [0.5, 0.6) is 17.2 Å². The van der Waals surface area contributed by atoms with Crippen LogP contribution in [0.2, 0.25) is 0 Å². The molecular weight excluding hydrogens is 498 g/mol. The van der Waals surface area contributed by atoms with E-state index in [1.165, 1.54) is 19.8 Å². The zero-order chi connectivity index (χ0) is 27.9. The molecule has 0 saturated heterocycles. The van der Waals surface area contributed by atoms with Crippen LogP contribution in [0.15, 0.2) is 29.1 Å². The van der Waals surface area contributed by atoms with Crippen molar-refractivity contribution in [3.63, 3.8) is 0 Å². The Morgan fingerprint density at radius 1 is 0.949 bits per heavy atom. The lowest BCUT2D eigenvalue weighted by atomic mass is 9.95. The molecule has 4 rings (SSSR count). The molecule has 1 atom stereocenters. The van der Waals surface area contributed by atoms with E-state index in [2.05, 4.69) is 16.0 Å². The van der Waals surface area contributed by atoms with Gasteiger partial charge in [-0.3, -0.25) is 14.4 Å². The van der Waals surface area contributed by atoms with Gasteiger partial charge in [-0.1, -0.05) is 18.9 Å². The first kappa shape index (κ1) is 28.3. The number of ether oxygens (including phenoxy) is 3. The molecule has 1 saturated carbocycles. The van der Waals surface area contributed by atoms with Crippen molar-refractivity contribution in [3.8, 4) is 28.4 Å². The number of anilines is 1. The number of fused-ring (bicyclic) bond motifs is 3. The van der Waals surface area contributed by atoms with E-state index in [-0.39, 0.29) is 23.3 Å². The number of amides is 2. The van der Waals surface area contributed by atoms with E-state index < -0.39 is 0 Å². The Hall–Kier alpha value is -3.75. The van der Waals surface area contributed by atoms with Crippen molar-refractivity contribution >= 4 is 17.5 Å². The summed E-state index contributed by atoms with van der Waals surface area (Å²) in [5.74, 6) is 1.41. The normalized spacial score (nSPS) is 16.4. The van der Waals surface area contributed by atoms with Gasteiger partial charge in [0.15, 0.2) is 11.5 Å². The summed E-state index contributed by atoms with van der Waals surface area (Å²) >= 11 is 0. The average molecular weight is 538 g/mol. The summed E-state index contributed by atoms with van der Waals surface area (Å²) in [6.45, 7) is 1.96. The Morgan fingerprint density at radius 2 is 1.69 bits per heavy atom. The summed E-state index contributed by atoms with van der Waals surface area (Å²) in [5, 5.41) is 9.33. The molecule has 3 N–H and O–H groups in total. The van der Waals surface area contributed by atoms with Crippen molar-refractivity contribution in [1.29, 1.82) is 0 Å². The van der Waals surface area contributed by atoms with Gasteiger partial charge in [0.1, 0.15) is 0 Å². The molecule has 2 aromatic rings.